The summed E-state index contributed by atoms with van der Waals surface area (Å²) in [5.74, 6) is -0.428. The number of nitrogens with zero attached hydrogens (tertiary/aromatic N) is 2. The normalized spacial score (nSPS) is 21.6. The van der Waals surface area contributed by atoms with Gasteiger partial charge in [-0.05, 0) is 12.5 Å². The lowest BCUT2D eigenvalue weighted by Crippen LogP contribution is -2.52. The number of non-ortho nitro benzene ring substituents is 1. The monoisotopic (exact) mass is 382 g/mol. The number of ether oxygens (including phenoxy) is 2. The minimum atomic E-state index is -0.732. The van der Waals surface area contributed by atoms with Crippen LogP contribution in [0.15, 0.2) is 18.2 Å². The molecule has 2 saturated heterocycles. The van der Waals surface area contributed by atoms with Gasteiger partial charge in [0.05, 0.1) is 30.4 Å². The number of rotatable bonds is 6. The number of nitro benzene ring substituents is 1. The van der Waals surface area contributed by atoms with Crippen LogP contribution in [0.4, 0.5) is 20.6 Å². The van der Waals surface area contributed by atoms with E-state index >= 15 is 0 Å². The van der Waals surface area contributed by atoms with Crippen molar-refractivity contribution < 1.29 is 23.6 Å². The Morgan fingerprint density at radius 3 is 2.78 bits per heavy atom. The molecule has 9 nitrogen and oxygen atoms in total. The van der Waals surface area contributed by atoms with Crippen LogP contribution >= 0.6 is 0 Å². The van der Waals surface area contributed by atoms with Gasteiger partial charge in [-0.1, -0.05) is 0 Å². The second-order valence-corrected chi connectivity index (χ2v) is 6.60. The second-order valence-electron chi connectivity index (χ2n) is 6.60. The molecule has 2 atom stereocenters. The largest absolute Gasteiger partial charge is 0.381 e. The van der Waals surface area contributed by atoms with E-state index < -0.39 is 16.8 Å². The van der Waals surface area contributed by atoms with E-state index in [0.29, 0.717) is 38.9 Å². The fourth-order valence-electron chi connectivity index (χ4n) is 3.45. The molecule has 2 fully saturated rings. The van der Waals surface area contributed by atoms with Crippen molar-refractivity contribution in [3.05, 3.63) is 34.1 Å². The Bertz CT molecular complexity index is 677. The van der Waals surface area contributed by atoms with E-state index in [1.165, 1.54) is 0 Å². The third kappa shape index (κ3) is 5.12. The summed E-state index contributed by atoms with van der Waals surface area (Å²) in [6.07, 6.45) is 0.921. The average molecular weight is 382 g/mol. The number of hydrogen-bond donors (Lipinski definition) is 2. The molecule has 2 heterocycles. The summed E-state index contributed by atoms with van der Waals surface area (Å²) < 4.78 is 24.7. The molecule has 0 unspecified atom stereocenters. The summed E-state index contributed by atoms with van der Waals surface area (Å²) in [5.41, 5.74) is -0.519. The number of carbonyl (C=O) groups is 1. The molecular formula is C17H23FN4O5. The van der Waals surface area contributed by atoms with Gasteiger partial charge in [0.2, 0.25) is 0 Å². The predicted molar refractivity (Wildman–Crippen MR) is 95.2 cm³/mol. The van der Waals surface area contributed by atoms with Crippen LogP contribution in [-0.2, 0) is 9.47 Å². The van der Waals surface area contributed by atoms with Gasteiger partial charge in [-0.3, -0.25) is 15.0 Å². The van der Waals surface area contributed by atoms with Crippen molar-refractivity contribution in [1.82, 2.24) is 10.2 Å². The fraction of sp³-hybridized carbons (Fsp3) is 0.588. The number of urea groups is 1. The van der Waals surface area contributed by atoms with Crippen LogP contribution in [0.2, 0.25) is 0 Å². The van der Waals surface area contributed by atoms with Crippen molar-refractivity contribution in [1.29, 1.82) is 0 Å². The van der Waals surface area contributed by atoms with Crippen LogP contribution < -0.4 is 10.6 Å². The number of nitrogens with one attached hydrogen (secondary N) is 2. The van der Waals surface area contributed by atoms with E-state index in [-0.39, 0.29) is 17.4 Å². The van der Waals surface area contributed by atoms with Crippen LogP contribution in [0, 0.1) is 21.8 Å². The summed E-state index contributed by atoms with van der Waals surface area (Å²) >= 11 is 0. The van der Waals surface area contributed by atoms with Gasteiger partial charge in [-0.2, -0.15) is 0 Å². The molecule has 2 amide bonds. The lowest BCUT2D eigenvalue weighted by molar-refractivity contribution is -0.384. The highest BCUT2D eigenvalue weighted by molar-refractivity contribution is 5.89. The minimum absolute atomic E-state index is 0.0945. The highest BCUT2D eigenvalue weighted by atomic mass is 19.1. The van der Waals surface area contributed by atoms with E-state index in [1.807, 2.05) is 0 Å². The molecule has 0 radical (unpaired) electrons. The maximum Gasteiger partial charge on any atom is 0.319 e. The quantitative estimate of drug-likeness (QED) is 0.572. The van der Waals surface area contributed by atoms with Crippen molar-refractivity contribution in [2.24, 2.45) is 5.92 Å². The fourth-order valence-corrected chi connectivity index (χ4v) is 3.45. The topological polar surface area (TPSA) is 106 Å². The first kappa shape index (κ1) is 19.5. The second kappa shape index (κ2) is 9.07. The summed E-state index contributed by atoms with van der Waals surface area (Å²) in [4.78, 5) is 24.7. The number of carbonyl (C=O) groups excluding carboxylic acids is 1. The van der Waals surface area contributed by atoms with Gasteiger partial charge in [0.25, 0.3) is 5.69 Å². The van der Waals surface area contributed by atoms with Gasteiger partial charge in [0.1, 0.15) is 5.82 Å². The lowest BCUT2D eigenvalue weighted by Gasteiger charge is -2.37. The Labute approximate surface area is 156 Å². The molecule has 1 aromatic rings. The van der Waals surface area contributed by atoms with E-state index in [1.54, 1.807) is 0 Å². The van der Waals surface area contributed by atoms with Crippen molar-refractivity contribution in [2.75, 3.05) is 51.4 Å². The number of morpholine rings is 1. The molecule has 27 heavy (non-hydrogen) atoms. The molecule has 1 aromatic carbocycles. The molecule has 0 saturated carbocycles. The Hall–Kier alpha value is -2.30. The summed E-state index contributed by atoms with van der Waals surface area (Å²) in [6.45, 7) is 4.58. The Morgan fingerprint density at radius 1 is 1.33 bits per heavy atom. The van der Waals surface area contributed by atoms with E-state index in [0.717, 1.165) is 37.7 Å². The molecular weight excluding hydrogens is 359 g/mol. The number of hydrogen-bond acceptors (Lipinski definition) is 6. The zero-order chi connectivity index (χ0) is 19.2. The number of nitro groups is 1. The molecule has 148 valence electrons. The SMILES string of the molecule is O=C(NC[C@H]([C@@H]1CCOC1)N1CCOCC1)Nc1cc([N+](=O)[O-])ccc1F. The van der Waals surface area contributed by atoms with Crippen LogP contribution in [0.1, 0.15) is 6.42 Å². The van der Waals surface area contributed by atoms with Crippen molar-refractivity contribution in [2.45, 2.75) is 12.5 Å². The number of amides is 2. The van der Waals surface area contributed by atoms with Crippen LogP contribution in [0.25, 0.3) is 0 Å². The van der Waals surface area contributed by atoms with Gasteiger partial charge in [0.15, 0.2) is 0 Å². The summed E-state index contributed by atoms with van der Waals surface area (Å²) in [7, 11) is 0. The third-order valence-electron chi connectivity index (χ3n) is 4.90. The van der Waals surface area contributed by atoms with Gasteiger partial charge < -0.3 is 20.1 Å². The first-order valence-electron chi connectivity index (χ1n) is 8.93. The number of benzene rings is 1. The molecule has 0 bridgehead atoms. The maximum atomic E-state index is 13.8. The zero-order valence-electron chi connectivity index (χ0n) is 14.9. The van der Waals surface area contributed by atoms with Crippen LogP contribution in [-0.4, -0.2) is 68.0 Å². The van der Waals surface area contributed by atoms with Crippen LogP contribution in [0.3, 0.4) is 0 Å². The highest BCUT2D eigenvalue weighted by Gasteiger charge is 2.31. The number of halogens is 1. The van der Waals surface area contributed by atoms with E-state index in [9.17, 15) is 19.3 Å². The minimum Gasteiger partial charge on any atom is -0.381 e. The molecule has 2 N–H and O–H groups in total. The highest BCUT2D eigenvalue weighted by Crippen LogP contribution is 2.23. The average Bonchev–Trinajstić information content (AvgIpc) is 3.19. The summed E-state index contributed by atoms with van der Waals surface area (Å²) in [5, 5.41) is 15.9. The molecule has 0 aliphatic carbocycles. The van der Waals surface area contributed by atoms with Gasteiger partial charge in [-0.15, -0.1) is 0 Å². The molecule has 3 rings (SSSR count). The van der Waals surface area contributed by atoms with Crippen molar-refractivity contribution in [3.63, 3.8) is 0 Å². The van der Waals surface area contributed by atoms with Gasteiger partial charge in [0, 0.05) is 50.3 Å². The molecule has 0 spiro atoms. The standard InChI is InChI=1S/C17H23FN4O5/c18-14-2-1-13(22(24)25)9-15(14)20-17(23)19-10-16(12-3-6-27-11-12)21-4-7-26-8-5-21/h1-2,9,12,16H,3-8,10-11H2,(H2,19,20,23)/t12-,16-/m1/s1. The van der Waals surface area contributed by atoms with Crippen molar-refractivity contribution in [3.8, 4) is 0 Å². The molecule has 2 aliphatic rings. The lowest BCUT2D eigenvalue weighted by atomic mass is 9.97. The first-order chi connectivity index (χ1) is 13.0. The van der Waals surface area contributed by atoms with E-state index in [4.69, 9.17) is 9.47 Å². The Kier molecular flexibility index (Phi) is 6.54. The van der Waals surface area contributed by atoms with Crippen LogP contribution in [0.5, 0.6) is 0 Å². The summed E-state index contributed by atoms with van der Waals surface area (Å²) in [6, 6.07) is 2.50. The molecule has 0 aromatic heterocycles. The smallest absolute Gasteiger partial charge is 0.319 e. The molecule has 2 aliphatic heterocycles. The third-order valence-corrected chi connectivity index (χ3v) is 4.90. The number of anilines is 1. The Morgan fingerprint density at radius 2 is 2.11 bits per heavy atom. The Balaban J connectivity index is 1.60. The first-order valence-corrected chi connectivity index (χ1v) is 8.93. The zero-order valence-corrected chi connectivity index (χ0v) is 14.9. The van der Waals surface area contributed by atoms with Gasteiger partial charge >= 0.3 is 6.03 Å². The van der Waals surface area contributed by atoms with E-state index in [2.05, 4.69) is 15.5 Å². The molecule has 10 heteroatoms. The maximum absolute atomic E-state index is 13.8. The van der Waals surface area contributed by atoms with Crippen molar-refractivity contribution >= 4 is 17.4 Å². The van der Waals surface area contributed by atoms with Gasteiger partial charge in [-0.25, -0.2) is 9.18 Å². The predicted octanol–water partition coefficient (Wildman–Crippen LogP) is 1.59.